The van der Waals surface area contributed by atoms with E-state index < -0.39 is 21.4 Å². The van der Waals surface area contributed by atoms with E-state index in [2.05, 4.69) is 4.98 Å². The fourth-order valence-corrected chi connectivity index (χ4v) is 5.12. The number of hydrogen-bond donors (Lipinski definition) is 1. The molecular weight excluding hydrogens is 458 g/mol. The molecule has 0 bridgehead atoms. The van der Waals surface area contributed by atoms with Gasteiger partial charge in [0.05, 0.1) is 23.8 Å². The molecule has 182 valence electrons. The molecule has 10 heteroatoms. The number of nitrogens with one attached hydrogen (secondary N) is 1. The second kappa shape index (κ2) is 11.3. The summed E-state index contributed by atoms with van der Waals surface area (Å²) < 4.78 is 38.2. The maximum absolute atomic E-state index is 13.4. The Morgan fingerprint density at radius 3 is 2.24 bits per heavy atom. The zero-order valence-corrected chi connectivity index (χ0v) is 20.3. The topological polar surface area (TPSA) is 109 Å². The Hall–Kier alpha value is -3.21. The number of aromatic amines is 1. The van der Waals surface area contributed by atoms with E-state index in [4.69, 9.17) is 9.47 Å². The molecule has 0 aliphatic carbocycles. The molecule has 0 unspecified atom stereocenters. The van der Waals surface area contributed by atoms with Gasteiger partial charge in [-0.3, -0.25) is 13.9 Å². The van der Waals surface area contributed by atoms with Gasteiger partial charge in [-0.05, 0) is 37.3 Å². The molecule has 1 heterocycles. The SMILES string of the molecule is CCN(c1ccccc1)S(=O)(=O)c1ccc2[nH]cc(C(=O)N(CCOC)CCOC)c(=O)c2c1. The van der Waals surface area contributed by atoms with Gasteiger partial charge in [0.25, 0.3) is 15.9 Å². The van der Waals surface area contributed by atoms with Crippen LogP contribution in [0.5, 0.6) is 0 Å². The van der Waals surface area contributed by atoms with Crippen LogP contribution in [0.4, 0.5) is 5.69 Å². The predicted octanol–water partition coefficient (Wildman–Crippen LogP) is 2.48. The van der Waals surface area contributed by atoms with Crippen molar-refractivity contribution in [2.24, 2.45) is 0 Å². The van der Waals surface area contributed by atoms with Crippen molar-refractivity contribution in [1.82, 2.24) is 9.88 Å². The number of pyridine rings is 1. The molecule has 0 aliphatic heterocycles. The minimum Gasteiger partial charge on any atom is -0.383 e. The number of methoxy groups -OCH3 is 2. The number of para-hydroxylation sites is 1. The first-order chi connectivity index (χ1) is 16.3. The lowest BCUT2D eigenvalue weighted by atomic mass is 10.1. The van der Waals surface area contributed by atoms with E-state index in [0.717, 1.165) is 0 Å². The van der Waals surface area contributed by atoms with Gasteiger partial charge in [-0.1, -0.05) is 18.2 Å². The van der Waals surface area contributed by atoms with E-state index in [-0.39, 0.29) is 35.5 Å². The molecule has 0 saturated heterocycles. The number of rotatable bonds is 11. The van der Waals surface area contributed by atoms with Crippen molar-refractivity contribution in [3.8, 4) is 0 Å². The van der Waals surface area contributed by atoms with Crippen molar-refractivity contribution >= 4 is 32.5 Å². The van der Waals surface area contributed by atoms with Gasteiger partial charge in [0.15, 0.2) is 0 Å². The van der Waals surface area contributed by atoms with E-state index >= 15 is 0 Å². The standard InChI is InChI=1S/C24H29N3O6S/c1-4-27(18-8-6-5-7-9-18)34(30,31)19-10-11-22-20(16-19)23(28)21(17-25-22)24(29)26(12-14-32-2)13-15-33-3/h5-11,16-17H,4,12-15H2,1-3H3,(H,25,28). The van der Waals surface area contributed by atoms with Gasteiger partial charge in [0.1, 0.15) is 5.56 Å². The monoisotopic (exact) mass is 487 g/mol. The predicted molar refractivity (Wildman–Crippen MR) is 131 cm³/mol. The summed E-state index contributed by atoms with van der Waals surface area (Å²) >= 11 is 0. The quantitative estimate of drug-likeness (QED) is 0.445. The molecule has 3 rings (SSSR count). The highest BCUT2D eigenvalue weighted by atomic mass is 32.2. The molecule has 2 aromatic carbocycles. The number of carbonyl (C=O) groups is 1. The van der Waals surface area contributed by atoms with Crippen LogP contribution in [-0.4, -0.2) is 71.3 Å². The number of nitrogens with zero attached hydrogens (tertiary/aromatic N) is 2. The third-order valence-electron chi connectivity index (χ3n) is 5.42. The largest absolute Gasteiger partial charge is 0.383 e. The van der Waals surface area contributed by atoms with Crippen LogP contribution in [-0.2, 0) is 19.5 Å². The highest BCUT2D eigenvalue weighted by Gasteiger charge is 2.25. The Balaban J connectivity index is 2.04. The summed E-state index contributed by atoms with van der Waals surface area (Å²) in [6, 6.07) is 13.0. The van der Waals surface area contributed by atoms with Gasteiger partial charge in [0, 0.05) is 51.0 Å². The van der Waals surface area contributed by atoms with E-state index in [9.17, 15) is 18.0 Å². The fraction of sp³-hybridized carbons (Fsp3) is 0.333. The number of anilines is 1. The van der Waals surface area contributed by atoms with E-state index in [1.54, 1.807) is 37.3 Å². The molecule has 1 aromatic heterocycles. The van der Waals surface area contributed by atoms with Crippen LogP contribution in [0.1, 0.15) is 17.3 Å². The normalized spacial score (nSPS) is 11.5. The number of benzene rings is 2. The molecule has 1 amide bonds. The first kappa shape index (κ1) is 25.4. The number of H-pyrrole nitrogens is 1. The number of hydrogen-bond acceptors (Lipinski definition) is 6. The van der Waals surface area contributed by atoms with Crippen LogP contribution in [0.25, 0.3) is 10.9 Å². The number of sulfonamides is 1. The fourth-order valence-electron chi connectivity index (χ4n) is 3.62. The Morgan fingerprint density at radius 1 is 1.00 bits per heavy atom. The number of carbonyl (C=O) groups excluding carboxylic acids is 1. The van der Waals surface area contributed by atoms with Crippen LogP contribution in [0.2, 0.25) is 0 Å². The molecule has 34 heavy (non-hydrogen) atoms. The second-order valence-corrected chi connectivity index (χ2v) is 9.38. The highest BCUT2D eigenvalue weighted by molar-refractivity contribution is 7.92. The van der Waals surface area contributed by atoms with Crippen molar-refractivity contribution in [3.63, 3.8) is 0 Å². The molecule has 0 saturated carbocycles. The minimum absolute atomic E-state index is 0.0311. The number of amides is 1. The van der Waals surface area contributed by atoms with Crippen LogP contribution >= 0.6 is 0 Å². The first-order valence-electron chi connectivity index (χ1n) is 10.9. The molecule has 1 N–H and O–H groups in total. The van der Waals surface area contributed by atoms with E-state index in [0.29, 0.717) is 24.4 Å². The van der Waals surface area contributed by atoms with Gasteiger partial charge < -0.3 is 19.4 Å². The first-order valence-corrected chi connectivity index (χ1v) is 12.3. The van der Waals surface area contributed by atoms with Crippen molar-refractivity contribution in [1.29, 1.82) is 0 Å². The van der Waals surface area contributed by atoms with Crippen LogP contribution in [0.15, 0.2) is 64.4 Å². The summed E-state index contributed by atoms with van der Waals surface area (Å²) in [5.74, 6) is -0.481. The minimum atomic E-state index is -3.93. The van der Waals surface area contributed by atoms with Gasteiger partial charge in [-0.25, -0.2) is 8.42 Å². The molecular formula is C24H29N3O6S. The molecule has 0 fully saturated rings. The summed E-state index contributed by atoms with van der Waals surface area (Å²) in [4.78, 5) is 30.8. The van der Waals surface area contributed by atoms with Crippen LogP contribution < -0.4 is 9.73 Å². The van der Waals surface area contributed by atoms with E-state index in [1.807, 2.05) is 0 Å². The lowest BCUT2D eigenvalue weighted by Crippen LogP contribution is -2.38. The maximum Gasteiger partial charge on any atom is 0.264 e. The zero-order chi connectivity index (χ0) is 24.7. The second-order valence-electron chi connectivity index (χ2n) is 7.52. The van der Waals surface area contributed by atoms with Crippen LogP contribution in [0.3, 0.4) is 0 Å². The molecule has 0 radical (unpaired) electrons. The molecule has 3 aromatic rings. The Bertz CT molecular complexity index is 1280. The van der Waals surface area contributed by atoms with Crippen molar-refractivity contribution in [2.75, 3.05) is 51.4 Å². The van der Waals surface area contributed by atoms with Gasteiger partial charge >= 0.3 is 0 Å². The average Bonchev–Trinajstić information content (AvgIpc) is 2.85. The average molecular weight is 488 g/mol. The molecule has 0 spiro atoms. The summed E-state index contributed by atoms with van der Waals surface area (Å²) in [6.45, 7) is 3.13. The molecule has 9 nitrogen and oxygen atoms in total. The van der Waals surface area contributed by atoms with Gasteiger partial charge in [-0.2, -0.15) is 0 Å². The summed E-state index contributed by atoms with van der Waals surface area (Å²) in [6.07, 6.45) is 1.36. The molecule has 0 atom stereocenters. The third kappa shape index (κ3) is 5.30. The summed E-state index contributed by atoms with van der Waals surface area (Å²) in [5, 5.41) is 0.120. The molecule has 0 aliphatic rings. The number of fused-ring (bicyclic) bond motifs is 1. The third-order valence-corrected chi connectivity index (χ3v) is 7.32. The van der Waals surface area contributed by atoms with Crippen LogP contribution in [0, 0.1) is 0 Å². The van der Waals surface area contributed by atoms with E-state index in [1.165, 1.54) is 47.8 Å². The lowest BCUT2D eigenvalue weighted by Gasteiger charge is -2.23. The Morgan fingerprint density at radius 2 is 1.65 bits per heavy atom. The smallest absolute Gasteiger partial charge is 0.264 e. The Labute approximate surface area is 199 Å². The van der Waals surface area contributed by atoms with Gasteiger partial charge in [-0.15, -0.1) is 0 Å². The summed E-state index contributed by atoms with van der Waals surface area (Å²) in [5.41, 5.74) is 0.335. The highest BCUT2D eigenvalue weighted by Crippen LogP contribution is 2.25. The van der Waals surface area contributed by atoms with Crippen molar-refractivity contribution in [3.05, 3.63) is 70.5 Å². The zero-order valence-electron chi connectivity index (χ0n) is 19.5. The maximum atomic E-state index is 13.4. The van der Waals surface area contributed by atoms with Crippen molar-refractivity contribution < 1.29 is 22.7 Å². The number of aromatic nitrogens is 1. The lowest BCUT2D eigenvalue weighted by molar-refractivity contribution is 0.0626. The summed E-state index contributed by atoms with van der Waals surface area (Å²) in [7, 11) is -0.881. The Kier molecular flexibility index (Phi) is 8.43. The van der Waals surface area contributed by atoms with Crippen molar-refractivity contribution in [2.45, 2.75) is 11.8 Å². The number of ether oxygens (including phenoxy) is 2. The van der Waals surface area contributed by atoms with Gasteiger partial charge in [0.2, 0.25) is 5.43 Å².